The molecule has 0 radical (unpaired) electrons. The molecule has 0 spiro atoms. The van der Waals surface area contributed by atoms with Gasteiger partial charge in [-0.25, -0.2) is 4.79 Å². The molecule has 76 valence electrons. The van der Waals surface area contributed by atoms with Crippen molar-refractivity contribution in [1.29, 1.82) is 0 Å². The number of thioether (sulfide) groups is 1. The third kappa shape index (κ3) is 1.02. The summed E-state index contributed by atoms with van der Waals surface area (Å²) < 4.78 is 0. The molecule has 2 unspecified atom stereocenters. The highest BCUT2D eigenvalue weighted by molar-refractivity contribution is 8.04. The first-order valence-corrected chi connectivity index (χ1v) is 5.39. The summed E-state index contributed by atoms with van der Waals surface area (Å²) in [6, 6.07) is 0. The fourth-order valence-corrected chi connectivity index (χ4v) is 3.38. The van der Waals surface area contributed by atoms with Gasteiger partial charge in [0.1, 0.15) is 5.70 Å². The normalized spacial score (nSPS) is 30.4. The van der Waals surface area contributed by atoms with Crippen LogP contribution in [-0.4, -0.2) is 27.3 Å². The SMILES string of the molecule is CCC1C(=O)N2C(C(=O)O)=C(C)SC12. The van der Waals surface area contributed by atoms with Crippen molar-refractivity contribution in [3.63, 3.8) is 0 Å². The third-order valence-electron chi connectivity index (χ3n) is 2.67. The maximum absolute atomic E-state index is 11.5. The quantitative estimate of drug-likeness (QED) is 0.701. The van der Waals surface area contributed by atoms with Gasteiger partial charge in [-0.15, -0.1) is 11.8 Å². The number of allylic oxidation sites excluding steroid dienone is 1. The average molecular weight is 213 g/mol. The third-order valence-corrected chi connectivity index (χ3v) is 4.00. The molecule has 0 aromatic heterocycles. The lowest BCUT2D eigenvalue weighted by molar-refractivity contribution is -0.151. The Bertz CT molecular complexity index is 350. The molecule has 0 aliphatic carbocycles. The lowest BCUT2D eigenvalue weighted by atomic mass is 9.94. The number of carbonyl (C=O) groups excluding carboxylic acids is 1. The van der Waals surface area contributed by atoms with E-state index in [-0.39, 0.29) is 22.9 Å². The molecule has 1 amide bonds. The number of fused-ring (bicyclic) bond motifs is 1. The summed E-state index contributed by atoms with van der Waals surface area (Å²) in [5, 5.41) is 8.96. The summed E-state index contributed by atoms with van der Waals surface area (Å²) in [6.07, 6.45) is 0.785. The topological polar surface area (TPSA) is 57.6 Å². The molecule has 4 nitrogen and oxygen atoms in total. The van der Waals surface area contributed by atoms with Crippen LogP contribution in [-0.2, 0) is 9.59 Å². The zero-order valence-corrected chi connectivity index (χ0v) is 8.80. The van der Waals surface area contributed by atoms with Crippen LogP contribution in [0.3, 0.4) is 0 Å². The second-order valence-corrected chi connectivity index (χ2v) is 4.77. The Morgan fingerprint density at radius 1 is 1.64 bits per heavy atom. The molecule has 1 N–H and O–H groups in total. The number of carbonyl (C=O) groups is 2. The Balaban J connectivity index is 2.27. The maximum atomic E-state index is 11.5. The van der Waals surface area contributed by atoms with Crippen molar-refractivity contribution >= 4 is 23.6 Å². The minimum Gasteiger partial charge on any atom is -0.477 e. The molecule has 0 saturated carbocycles. The molecule has 2 atom stereocenters. The van der Waals surface area contributed by atoms with Gasteiger partial charge in [0.05, 0.1) is 11.3 Å². The Morgan fingerprint density at radius 2 is 2.29 bits per heavy atom. The van der Waals surface area contributed by atoms with Gasteiger partial charge in [0.2, 0.25) is 5.91 Å². The minimum absolute atomic E-state index is 0.00630. The van der Waals surface area contributed by atoms with Gasteiger partial charge < -0.3 is 5.11 Å². The van der Waals surface area contributed by atoms with Crippen LogP contribution in [0, 0.1) is 5.92 Å². The molecule has 0 aromatic carbocycles. The predicted molar refractivity (Wildman–Crippen MR) is 52.3 cm³/mol. The monoisotopic (exact) mass is 213 g/mol. The second-order valence-electron chi connectivity index (χ2n) is 3.44. The van der Waals surface area contributed by atoms with Crippen molar-refractivity contribution in [2.24, 2.45) is 5.92 Å². The van der Waals surface area contributed by atoms with E-state index in [0.29, 0.717) is 0 Å². The highest BCUT2D eigenvalue weighted by Gasteiger charge is 2.54. The van der Waals surface area contributed by atoms with Gasteiger partial charge in [0.25, 0.3) is 0 Å². The summed E-state index contributed by atoms with van der Waals surface area (Å²) in [6.45, 7) is 3.71. The van der Waals surface area contributed by atoms with Crippen LogP contribution in [0.5, 0.6) is 0 Å². The minimum atomic E-state index is -1.000. The van der Waals surface area contributed by atoms with Gasteiger partial charge >= 0.3 is 5.97 Å². The van der Waals surface area contributed by atoms with Crippen molar-refractivity contribution in [3.8, 4) is 0 Å². The van der Waals surface area contributed by atoms with Crippen molar-refractivity contribution in [1.82, 2.24) is 4.90 Å². The number of nitrogens with zero attached hydrogens (tertiary/aromatic N) is 1. The van der Waals surface area contributed by atoms with Gasteiger partial charge in [-0.05, 0) is 13.3 Å². The van der Waals surface area contributed by atoms with Gasteiger partial charge in [-0.2, -0.15) is 0 Å². The van der Waals surface area contributed by atoms with Crippen LogP contribution in [0.25, 0.3) is 0 Å². The number of carboxylic acids is 1. The molecule has 5 heteroatoms. The van der Waals surface area contributed by atoms with Crippen LogP contribution in [0.4, 0.5) is 0 Å². The smallest absolute Gasteiger partial charge is 0.353 e. The summed E-state index contributed by atoms with van der Waals surface area (Å²) in [4.78, 5) is 24.6. The lowest BCUT2D eigenvalue weighted by Crippen LogP contribution is -2.56. The number of aliphatic carboxylic acids is 1. The number of amides is 1. The molecule has 14 heavy (non-hydrogen) atoms. The van der Waals surface area contributed by atoms with Crippen LogP contribution < -0.4 is 0 Å². The number of hydrogen-bond donors (Lipinski definition) is 1. The molecule has 2 aliphatic rings. The van der Waals surface area contributed by atoms with E-state index in [4.69, 9.17) is 5.11 Å². The molecule has 0 bridgehead atoms. The van der Waals surface area contributed by atoms with E-state index >= 15 is 0 Å². The highest BCUT2D eigenvalue weighted by Crippen LogP contribution is 2.49. The predicted octanol–water partition coefficient (Wildman–Crippen LogP) is 1.24. The molecule has 1 fully saturated rings. The molecule has 2 heterocycles. The Kier molecular flexibility index (Phi) is 2.06. The number of hydrogen-bond acceptors (Lipinski definition) is 3. The van der Waals surface area contributed by atoms with Gasteiger partial charge in [0.15, 0.2) is 0 Å². The number of rotatable bonds is 2. The largest absolute Gasteiger partial charge is 0.477 e. The maximum Gasteiger partial charge on any atom is 0.353 e. The van der Waals surface area contributed by atoms with E-state index in [2.05, 4.69) is 0 Å². The van der Waals surface area contributed by atoms with Crippen LogP contribution >= 0.6 is 11.8 Å². The first kappa shape index (κ1) is 9.58. The Morgan fingerprint density at radius 3 is 2.79 bits per heavy atom. The fourth-order valence-electron chi connectivity index (χ4n) is 1.93. The Hall–Kier alpha value is -0.970. The molecule has 1 saturated heterocycles. The number of carboxylic acid groups (broad SMARTS) is 1. The van der Waals surface area contributed by atoms with Gasteiger partial charge in [-0.1, -0.05) is 6.92 Å². The van der Waals surface area contributed by atoms with Crippen molar-refractivity contribution in [2.45, 2.75) is 25.6 Å². The van der Waals surface area contributed by atoms with Crippen molar-refractivity contribution in [3.05, 3.63) is 10.6 Å². The zero-order chi connectivity index (χ0) is 10.5. The van der Waals surface area contributed by atoms with Crippen molar-refractivity contribution < 1.29 is 14.7 Å². The van der Waals surface area contributed by atoms with E-state index in [0.717, 1.165) is 11.3 Å². The fraction of sp³-hybridized carbons (Fsp3) is 0.556. The molecular weight excluding hydrogens is 202 g/mol. The average Bonchev–Trinajstić information content (AvgIpc) is 2.40. The standard InChI is InChI=1S/C9H11NO3S/c1-3-5-7(11)10-6(9(12)13)4(2)14-8(5)10/h5,8H,3H2,1-2H3,(H,12,13). The summed E-state index contributed by atoms with van der Waals surface area (Å²) in [5.41, 5.74) is 0.176. The van der Waals surface area contributed by atoms with Crippen molar-refractivity contribution in [2.75, 3.05) is 0 Å². The van der Waals surface area contributed by atoms with E-state index in [1.54, 1.807) is 6.92 Å². The molecular formula is C9H11NO3S. The van der Waals surface area contributed by atoms with E-state index in [9.17, 15) is 9.59 Å². The Labute approximate surface area is 86.0 Å². The number of β-lactam (4-membered cyclic amide) rings is 1. The van der Waals surface area contributed by atoms with E-state index < -0.39 is 5.97 Å². The first-order valence-electron chi connectivity index (χ1n) is 4.51. The molecule has 2 rings (SSSR count). The first-order chi connectivity index (χ1) is 6.57. The van der Waals surface area contributed by atoms with E-state index in [1.165, 1.54) is 16.7 Å². The summed E-state index contributed by atoms with van der Waals surface area (Å²) in [7, 11) is 0. The summed E-state index contributed by atoms with van der Waals surface area (Å²) in [5.74, 6) is -1.04. The molecule has 2 aliphatic heterocycles. The van der Waals surface area contributed by atoms with E-state index in [1.807, 2.05) is 6.92 Å². The highest BCUT2D eigenvalue weighted by atomic mass is 32.2. The van der Waals surface area contributed by atoms with Gasteiger partial charge in [-0.3, -0.25) is 9.69 Å². The van der Waals surface area contributed by atoms with Crippen LogP contribution in [0.2, 0.25) is 0 Å². The lowest BCUT2D eigenvalue weighted by Gasteiger charge is -2.41. The van der Waals surface area contributed by atoms with Crippen LogP contribution in [0.1, 0.15) is 20.3 Å². The molecule has 0 aromatic rings. The second kappa shape index (κ2) is 3.02. The van der Waals surface area contributed by atoms with Gasteiger partial charge in [0, 0.05) is 4.91 Å². The zero-order valence-electron chi connectivity index (χ0n) is 7.98. The summed E-state index contributed by atoms with van der Waals surface area (Å²) >= 11 is 1.49. The van der Waals surface area contributed by atoms with Crippen LogP contribution in [0.15, 0.2) is 10.6 Å².